The second-order valence-electron chi connectivity index (χ2n) is 16.4. The normalized spacial score (nSPS) is 11.1. The van der Waals surface area contributed by atoms with E-state index in [0.29, 0.717) is 115 Å². The maximum Gasteiger partial charge on any atom is 1.00 e. The molecule has 0 aliphatic rings. The Balaban J connectivity index is 0.000000201. The van der Waals surface area contributed by atoms with Crippen LogP contribution in [0.2, 0.25) is 30.1 Å². The van der Waals surface area contributed by atoms with Crippen LogP contribution in [0, 0.1) is 6.20 Å². The third kappa shape index (κ3) is 16.7. The number of H-pyrrole nitrogens is 1. The van der Waals surface area contributed by atoms with E-state index >= 15 is 0 Å². The Kier molecular flexibility index (Phi) is 24.1. The van der Waals surface area contributed by atoms with Gasteiger partial charge in [-0.25, -0.2) is 14.0 Å². The van der Waals surface area contributed by atoms with E-state index in [1.165, 1.54) is 0 Å². The molecule has 17 nitrogen and oxygen atoms in total. The van der Waals surface area contributed by atoms with Gasteiger partial charge in [-0.2, -0.15) is 31.6 Å². The smallest absolute Gasteiger partial charge is 0.439 e. The summed E-state index contributed by atoms with van der Waals surface area (Å²) in [5, 5.41) is 42.2. The summed E-state index contributed by atoms with van der Waals surface area (Å²) >= 11 is 36.2. The fraction of sp³-hybridized carbons (Fsp3) is 0.302. The van der Waals surface area contributed by atoms with Gasteiger partial charge in [0, 0.05) is 105 Å². The monoisotopic (exact) mass is 1160 g/mol. The number of hydrogen-bond acceptors (Lipinski definition) is 11. The van der Waals surface area contributed by atoms with Crippen LogP contribution in [0.1, 0.15) is 97.6 Å². The van der Waals surface area contributed by atoms with Gasteiger partial charge in [-0.3, -0.25) is 19.7 Å². The van der Waals surface area contributed by atoms with Crippen molar-refractivity contribution < 1.29 is 43.0 Å². The molecule has 0 bridgehead atoms. The van der Waals surface area contributed by atoms with E-state index in [9.17, 15) is 9.90 Å². The molecule has 9 rings (SSSR count). The number of ether oxygens (including phenoxy) is 3. The van der Waals surface area contributed by atoms with Crippen molar-refractivity contribution in [2.45, 2.75) is 93.0 Å². The van der Waals surface area contributed by atoms with Gasteiger partial charge in [0.25, 0.3) is 0 Å². The number of nitrogens with zero attached hydrogens (tertiary/aromatic N) is 11. The predicted molar refractivity (Wildman–Crippen MR) is 298 cm³/mol. The van der Waals surface area contributed by atoms with Crippen molar-refractivity contribution in [1.29, 1.82) is 0 Å². The molecule has 0 aliphatic heterocycles. The summed E-state index contributed by atoms with van der Waals surface area (Å²) < 4.78 is 26.5. The van der Waals surface area contributed by atoms with Gasteiger partial charge in [0.2, 0.25) is 17.6 Å². The Morgan fingerprint density at radius 3 is 1.45 bits per heavy atom. The summed E-state index contributed by atoms with van der Waals surface area (Å²) in [6, 6.07) is 20.6. The largest absolute Gasteiger partial charge is 1.00 e. The number of nitrogens with one attached hydrogen (secondary N) is 1. The van der Waals surface area contributed by atoms with Crippen LogP contribution in [0.3, 0.4) is 0 Å². The molecule has 1 atom stereocenters. The van der Waals surface area contributed by atoms with Crippen LogP contribution in [0.15, 0.2) is 91.4 Å². The zero-order valence-electron chi connectivity index (χ0n) is 44.0. The topological polar surface area (TPSA) is 183 Å². The Morgan fingerprint density at radius 2 is 1.08 bits per heavy atom. The number of hydrogen-bond donors (Lipinski definition) is 2. The van der Waals surface area contributed by atoms with Crippen molar-refractivity contribution in [1.82, 2.24) is 59.1 Å². The number of carbonyl (C=O) groups excluding carboxylic acids is 1. The van der Waals surface area contributed by atoms with Gasteiger partial charge in [-0.1, -0.05) is 90.4 Å². The average Bonchev–Trinajstić information content (AvgIpc) is 4.26. The Bertz CT molecular complexity index is 3240. The van der Waals surface area contributed by atoms with Crippen molar-refractivity contribution in [3.63, 3.8) is 0 Å². The third-order valence-electron chi connectivity index (χ3n) is 11.3. The molecular formula is C53H57Cl6LiN12O5. The number of aldehydes is 1. The number of rotatable bonds is 17. The summed E-state index contributed by atoms with van der Waals surface area (Å²) in [5.74, 6) is 3.50. The first-order valence-electron chi connectivity index (χ1n) is 24.2. The summed E-state index contributed by atoms with van der Waals surface area (Å²) in [5.41, 5.74) is 6.29. The second-order valence-corrected chi connectivity index (χ2v) is 19.1. The van der Waals surface area contributed by atoms with E-state index < -0.39 is 6.10 Å². The van der Waals surface area contributed by atoms with Crippen LogP contribution in [0.25, 0.3) is 0 Å². The molecule has 0 saturated carbocycles. The number of aromatic amines is 1. The van der Waals surface area contributed by atoms with Gasteiger partial charge in [0.1, 0.15) is 34.7 Å². The molecule has 3 aromatic carbocycles. The predicted octanol–water partition coefficient (Wildman–Crippen LogP) is 10.9. The molecule has 24 heteroatoms. The average molecular weight is 1160 g/mol. The van der Waals surface area contributed by atoms with E-state index in [-0.39, 0.29) is 18.9 Å². The molecule has 9 aromatic rings. The standard InChI is InChI=1S/C18H20Cl2N4O2.C17H18Cl2N4O.C14H14Cl2N2O2.C4H5N2.Li/c1-4-14-16(17(25)15-6-7-21-23(15)3)22-24(5-2)18(14)26-13-9-11(19)8-12(20)10-13;1-3-15-16(10-13-5-6-20-21-13)22-23(4-2)17(15)24-14-8-11(18)7-12(19)9-14;1-3-12-13(8-19)17-18(4-2)14(12)20-11-6-9(15)5-10(16)7-11;1-6-4-2-3-5-6;/h6-10,17,25H,4-5H2,1-3H3;5-9H,3-4,10H2,1-2H3,(H,20,21);5-8H,3-4H2,1-2H3;2-3H,1H3;/q;;;-1;+1/t17-;;;;/m1..../s1. The van der Waals surface area contributed by atoms with Crippen molar-refractivity contribution in [3.05, 3.63) is 173 Å². The van der Waals surface area contributed by atoms with E-state index in [2.05, 4.69) is 43.7 Å². The maximum absolute atomic E-state index is 11.1. The third-order valence-corrected chi connectivity index (χ3v) is 12.6. The number of benzene rings is 3. The first kappa shape index (κ1) is 62.1. The molecule has 6 aromatic heterocycles. The molecule has 6 heterocycles. The molecule has 402 valence electrons. The van der Waals surface area contributed by atoms with Crippen LogP contribution in [-0.4, -0.2) is 70.5 Å². The van der Waals surface area contributed by atoms with Crippen LogP contribution in [0.5, 0.6) is 34.9 Å². The number of aliphatic hydroxyl groups is 1. The van der Waals surface area contributed by atoms with E-state index in [0.717, 1.165) is 46.7 Å². The fourth-order valence-electron chi connectivity index (χ4n) is 7.76. The number of aromatic nitrogens is 12. The molecule has 0 unspecified atom stereocenters. The minimum atomic E-state index is -0.893. The van der Waals surface area contributed by atoms with Crippen molar-refractivity contribution in [2.24, 2.45) is 14.1 Å². The zero-order chi connectivity index (χ0) is 55.1. The SMILES string of the molecule is CCc1c(C=O)nn(CC)c1Oc1cc(Cl)cc(Cl)c1.CCc1c(Cc2ccn[nH]2)nn(CC)c1Oc1cc(Cl)cc(Cl)c1.CCc1c([C@H](O)c2ccnn2C)nn(CC)c1Oc1cc(Cl)cc(Cl)c1.Cn1[c-]ccn1.[Li+]. The fourth-order valence-corrected chi connectivity index (χ4v) is 9.27. The van der Waals surface area contributed by atoms with Gasteiger partial charge in [-0.15, -0.1) is 12.4 Å². The molecule has 0 amide bonds. The summed E-state index contributed by atoms with van der Waals surface area (Å²) in [4.78, 5) is 11.1. The Morgan fingerprint density at radius 1 is 0.610 bits per heavy atom. The summed E-state index contributed by atoms with van der Waals surface area (Å²) in [6.45, 7) is 13.9. The van der Waals surface area contributed by atoms with E-state index in [1.807, 2.05) is 52.4 Å². The summed E-state index contributed by atoms with van der Waals surface area (Å²) in [7, 11) is 3.62. The van der Waals surface area contributed by atoms with E-state index in [4.69, 9.17) is 88.9 Å². The Labute approximate surface area is 489 Å². The quantitative estimate of drug-likeness (QED) is 0.0503. The maximum atomic E-state index is 11.1. The molecule has 77 heavy (non-hydrogen) atoms. The molecular weight excluding hydrogens is 1100 g/mol. The molecule has 0 aliphatic carbocycles. The van der Waals surface area contributed by atoms with Crippen LogP contribution in [-0.2, 0) is 59.4 Å². The summed E-state index contributed by atoms with van der Waals surface area (Å²) in [6.07, 6.45) is 10.5. The molecule has 0 saturated heterocycles. The van der Waals surface area contributed by atoms with Gasteiger partial charge in [-0.05, 0) is 107 Å². The van der Waals surface area contributed by atoms with Crippen LogP contribution < -0.4 is 33.1 Å². The van der Waals surface area contributed by atoms with E-state index in [1.54, 1.807) is 111 Å². The van der Waals surface area contributed by atoms with Gasteiger partial charge in [0.05, 0.1) is 11.4 Å². The van der Waals surface area contributed by atoms with Crippen LogP contribution >= 0.6 is 69.6 Å². The van der Waals surface area contributed by atoms with Gasteiger partial charge >= 0.3 is 18.9 Å². The molecule has 0 fully saturated rings. The number of aryl methyl sites for hydroxylation is 5. The number of aliphatic hydroxyl groups excluding tert-OH is 1. The van der Waals surface area contributed by atoms with Gasteiger partial charge in [0.15, 0.2) is 6.29 Å². The number of carbonyl (C=O) groups is 1. The van der Waals surface area contributed by atoms with Crippen molar-refractivity contribution in [3.8, 4) is 34.9 Å². The van der Waals surface area contributed by atoms with Crippen LogP contribution in [0.4, 0.5) is 0 Å². The first-order chi connectivity index (χ1) is 36.5. The minimum Gasteiger partial charge on any atom is -0.439 e. The second kappa shape index (κ2) is 29.9. The zero-order valence-corrected chi connectivity index (χ0v) is 48.6. The molecule has 2 N–H and O–H groups in total. The number of halogens is 6. The van der Waals surface area contributed by atoms with Crippen molar-refractivity contribution >= 4 is 75.9 Å². The van der Waals surface area contributed by atoms with Gasteiger partial charge < -0.3 is 24.0 Å². The molecule has 0 spiro atoms. The minimum absolute atomic E-state index is 0. The van der Waals surface area contributed by atoms with Crippen molar-refractivity contribution in [2.75, 3.05) is 0 Å². The molecule has 0 radical (unpaired) electrons. The first-order valence-corrected chi connectivity index (χ1v) is 26.4. The Hall–Kier alpha value is -5.71.